The van der Waals surface area contributed by atoms with Crippen molar-refractivity contribution in [2.45, 2.75) is 12.3 Å². The summed E-state index contributed by atoms with van der Waals surface area (Å²) in [5, 5.41) is 3.26. The number of rotatable bonds is 4. The Balaban J connectivity index is 0.00000180. The molecule has 4 heteroatoms. The summed E-state index contributed by atoms with van der Waals surface area (Å²) >= 11 is 6.97. The van der Waals surface area contributed by atoms with E-state index in [-0.39, 0.29) is 41.7 Å². The average molecular weight is 414 g/mol. The van der Waals surface area contributed by atoms with Gasteiger partial charge in [0.2, 0.25) is 0 Å². The normalized spacial score (nSPS) is 9.47. The molecule has 1 N–H and O–H groups in total. The summed E-state index contributed by atoms with van der Waals surface area (Å²) in [6, 6.07) is 20.7. The van der Waals surface area contributed by atoms with Crippen molar-refractivity contribution in [1.82, 2.24) is 5.32 Å². The van der Waals surface area contributed by atoms with Crippen molar-refractivity contribution in [3.63, 3.8) is 0 Å². The SMILES string of the molecule is S=C(NCc1ccccc1)SCc1ccccc1.[Ce]. The first-order chi connectivity index (χ1) is 8.84. The molecule has 0 saturated carbocycles. The van der Waals surface area contributed by atoms with Crippen LogP contribution in [0.1, 0.15) is 11.1 Å². The van der Waals surface area contributed by atoms with Crippen molar-refractivity contribution in [3.8, 4) is 0 Å². The van der Waals surface area contributed by atoms with E-state index in [2.05, 4.69) is 41.7 Å². The molecule has 0 bridgehead atoms. The number of thioether (sulfide) groups is 1. The van der Waals surface area contributed by atoms with Crippen LogP contribution in [0.5, 0.6) is 0 Å². The number of thiocarbonyl (C=S) groups is 1. The average Bonchev–Trinajstić information content (AvgIpc) is 2.45. The van der Waals surface area contributed by atoms with Gasteiger partial charge in [-0.25, -0.2) is 0 Å². The van der Waals surface area contributed by atoms with Gasteiger partial charge in [-0.2, -0.15) is 0 Å². The van der Waals surface area contributed by atoms with E-state index in [1.165, 1.54) is 11.1 Å². The van der Waals surface area contributed by atoms with E-state index in [9.17, 15) is 0 Å². The zero-order chi connectivity index (χ0) is 12.6. The van der Waals surface area contributed by atoms with Gasteiger partial charge in [-0.15, -0.1) is 0 Å². The molecule has 96 valence electrons. The Morgan fingerprint density at radius 1 is 0.895 bits per heavy atom. The molecule has 0 aliphatic rings. The Kier molecular flexibility index (Phi) is 8.90. The summed E-state index contributed by atoms with van der Waals surface area (Å²) in [5.41, 5.74) is 2.55. The molecule has 0 spiro atoms. The van der Waals surface area contributed by atoms with Gasteiger partial charge in [0.1, 0.15) is 4.32 Å². The van der Waals surface area contributed by atoms with Crippen LogP contribution < -0.4 is 5.32 Å². The van der Waals surface area contributed by atoms with Gasteiger partial charge < -0.3 is 5.32 Å². The summed E-state index contributed by atoms with van der Waals surface area (Å²) in [4.78, 5) is 0. The van der Waals surface area contributed by atoms with Crippen molar-refractivity contribution in [2.24, 2.45) is 0 Å². The molecule has 2 aromatic rings. The summed E-state index contributed by atoms with van der Waals surface area (Å²) in [6.07, 6.45) is 0. The third kappa shape index (κ3) is 6.86. The predicted molar refractivity (Wildman–Crippen MR) is 83.6 cm³/mol. The van der Waals surface area contributed by atoms with E-state index >= 15 is 0 Å². The second kappa shape index (κ2) is 9.88. The topological polar surface area (TPSA) is 12.0 Å². The molecular weight excluding hydrogens is 398 g/mol. The predicted octanol–water partition coefficient (Wildman–Crippen LogP) is 3.99. The summed E-state index contributed by atoms with van der Waals surface area (Å²) in [6.45, 7) is 0.793. The van der Waals surface area contributed by atoms with E-state index in [4.69, 9.17) is 12.2 Å². The minimum atomic E-state index is 0. The fourth-order valence-corrected chi connectivity index (χ4v) is 2.46. The van der Waals surface area contributed by atoms with E-state index < -0.39 is 0 Å². The van der Waals surface area contributed by atoms with Gasteiger partial charge in [-0.1, -0.05) is 84.6 Å². The molecule has 0 radical (unpaired) electrons. The van der Waals surface area contributed by atoms with Crippen LogP contribution in [-0.2, 0) is 12.3 Å². The van der Waals surface area contributed by atoms with Crippen LogP contribution in [0.2, 0.25) is 0 Å². The van der Waals surface area contributed by atoms with E-state index in [1.54, 1.807) is 11.8 Å². The molecule has 0 aromatic heterocycles. The minimum Gasteiger partial charge on any atom is -0.367 e. The molecule has 0 fully saturated rings. The van der Waals surface area contributed by atoms with Gasteiger partial charge in [0, 0.05) is 54.0 Å². The Hall–Kier alpha value is 0.0566. The standard InChI is InChI=1S/C15H15NS2.Ce/c17-15(16-11-13-7-3-1-4-8-13)18-12-14-9-5-2-6-10-14;/h1-10H,11-12H2,(H,16,17);. The first-order valence-corrected chi connectivity index (χ1v) is 7.22. The van der Waals surface area contributed by atoms with Gasteiger partial charge >= 0.3 is 0 Å². The van der Waals surface area contributed by atoms with Crippen LogP contribution in [0.25, 0.3) is 0 Å². The second-order valence-electron chi connectivity index (χ2n) is 3.90. The summed E-state index contributed by atoms with van der Waals surface area (Å²) < 4.78 is 0.850. The number of nitrogens with one attached hydrogen (secondary N) is 1. The van der Waals surface area contributed by atoms with Crippen LogP contribution in [0.3, 0.4) is 0 Å². The Bertz CT molecular complexity index is 443. The molecule has 0 unspecified atom stereocenters. The van der Waals surface area contributed by atoms with Crippen molar-refractivity contribution in [3.05, 3.63) is 71.8 Å². The fourth-order valence-electron chi connectivity index (χ4n) is 1.54. The van der Waals surface area contributed by atoms with E-state index in [1.807, 2.05) is 24.3 Å². The van der Waals surface area contributed by atoms with Gasteiger partial charge in [0.15, 0.2) is 0 Å². The monoisotopic (exact) mass is 413 g/mol. The zero-order valence-corrected chi connectivity index (χ0v) is 15.3. The van der Waals surface area contributed by atoms with Crippen LogP contribution in [-0.4, -0.2) is 4.32 Å². The molecule has 2 aromatic carbocycles. The fraction of sp³-hybridized carbons (Fsp3) is 0.133. The molecule has 1 nitrogen and oxygen atoms in total. The molecule has 19 heavy (non-hydrogen) atoms. The molecule has 0 aliphatic carbocycles. The third-order valence-electron chi connectivity index (χ3n) is 2.49. The molecule has 2 rings (SSSR count). The molecular formula is C15H15CeNS2. The molecule has 0 saturated heterocycles. The quantitative estimate of drug-likeness (QED) is 0.761. The largest absolute Gasteiger partial charge is 0.367 e. The third-order valence-corrected chi connectivity index (χ3v) is 3.87. The van der Waals surface area contributed by atoms with Crippen LogP contribution >= 0.6 is 24.0 Å². The molecule has 0 amide bonds. The Morgan fingerprint density at radius 2 is 1.42 bits per heavy atom. The van der Waals surface area contributed by atoms with Crippen LogP contribution in [0.4, 0.5) is 0 Å². The maximum Gasteiger partial charge on any atom is 0.134 e. The van der Waals surface area contributed by atoms with Crippen molar-refractivity contribution in [1.29, 1.82) is 0 Å². The smallest absolute Gasteiger partial charge is 0.134 e. The second-order valence-corrected chi connectivity index (χ2v) is 5.55. The Labute approximate surface area is 157 Å². The first kappa shape index (κ1) is 17.1. The minimum absolute atomic E-state index is 0. The molecule has 0 atom stereocenters. The first-order valence-electron chi connectivity index (χ1n) is 5.83. The van der Waals surface area contributed by atoms with Gasteiger partial charge in [0.05, 0.1) is 0 Å². The van der Waals surface area contributed by atoms with Gasteiger partial charge in [-0.3, -0.25) is 0 Å². The van der Waals surface area contributed by atoms with Gasteiger partial charge in [-0.05, 0) is 11.1 Å². The zero-order valence-electron chi connectivity index (χ0n) is 10.5. The van der Waals surface area contributed by atoms with E-state index in [0.717, 1.165) is 16.6 Å². The number of hydrogen-bond acceptors (Lipinski definition) is 2. The van der Waals surface area contributed by atoms with Crippen molar-refractivity contribution >= 4 is 28.3 Å². The van der Waals surface area contributed by atoms with Crippen LogP contribution in [0.15, 0.2) is 60.7 Å². The maximum atomic E-state index is 5.30. The molecule has 0 aliphatic heterocycles. The van der Waals surface area contributed by atoms with Crippen LogP contribution in [0, 0.1) is 41.7 Å². The van der Waals surface area contributed by atoms with Crippen molar-refractivity contribution in [2.75, 3.05) is 0 Å². The Morgan fingerprint density at radius 3 is 2.00 bits per heavy atom. The van der Waals surface area contributed by atoms with E-state index in [0.29, 0.717) is 0 Å². The van der Waals surface area contributed by atoms with Gasteiger partial charge in [0.25, 0.3) is 0 Å². The maximum absolute atomic E-state index is 5.30. The number of hydrogen-bond donors (Lipinski definition) is 1. The summed E-state index contributed by atoms with van der Waals surface area (Å²) in [5.74, 6) is 0.918. The number of benzene rings is 2. The van der Waals surface area contributed by atoms with Crippen molar-refractivity contribution < 1.29 is 41.7 Å². The molecule has 0 heterocycles. The summed E-state index contributed by atoms with van der Waals surface area (Å²) in [7, 11) is 0.